The Morgan fingerprint density at radius 2 is 1.85 bits per heavy atom. The van der Waals surface area contributed by atoms with E-state index in [1.807, 2.05) is 20.0 Å². The van der Waals surface area contributed by atoms with Crippen LogP contribution in [0.5, 0.6) is 0 Å². The number of nitrogens with zero attached hydrogens (tertiary/aromatic N) is 4. The summed E-state index contributed by atoms with van der Waals surface area (Å²) in [6.07, 6.45) is 8.46. The van der Waals surface area contributed by atoms with Crippen molar-refractivity contribution in [3.63, 3.8) is 0 Å². The number of nitrogens with one attached hydrogen (secondary N) is 1. The van der Waals surface area contributed by atoms with E-state index >= 15 is 0 Å². The second-order valence-corrected chi connectivity index (χ2v) is 7.69. The van der Waals surface area contributed by atoms with E-state index < -0.39 is 0 Å². The molecule has 0 radical (unpaired) electrons. The van der Waals surface area contributed by atoms with Gasteiger partial charge in [0, 0.05) is 57.5 Å². The average Bonchev–Trinajstić information content (AvgIpc) is 2.65. The zero-order valence-electron chi connectivity index (χ0n) is 17.3. The van der Waals surface area contributed by atoms with Gasteiger partial charge >= 0.3 is 0 Å². The number of hydrogen-bond acceptors (Lipinski definition) is 5. The summed E-state index contributed by atoms with van der Waals surface area (Å²) in [7, 11) is 5.45. The fraction of sp³-hybridized carbons (Fsp3) is 0.700. The van der Waals surface area contributed by atoms with Crippen molar-refractivity contribution in [1.82, 2.24) is 20.2 Å². The fourth-order valence-corrected chi connectivity index (χ4v) is 3.53. The quantitative estimate of drug-likeness (QED) is 0.792. The zero-order valence-corrected chi connectivity index (χ0v) is 17.3. The van der Waals surface area contributed by atoms with Crippen molar-refractivity contribution in [3.05, 3.63) is 17.5 Å². The molecule has 150 valence electrons. The molecular weight excluding hydrogens is 342 g/mol. The second kappa shape index (κ2) is 9.67. The molecule has 2 amide bonds. The highest BCUT2D eigenvalue weighted by molar-refractivity contribution is 5.83. The van der Waals surface area contributed by atoms with Gasteiger partial charge in [0.1, 0.15) is 0 Å². The van der Waals surface area contributed by atoms with Crippen molar-refractivity contribution >= 4 is 17.8 Å². The van der Waals surface area contributed by atoms with Crippen molar-refractivity contribution in [2.24, 2.45) is 0 Å². The molecule has 7 heteroatoms. The number of amides is 2. The smallest absolute Gasteiger partial charge is 0.225 e. The van der Waals surface area contributed by atoms with Crippen LogP contribution >= 0.6 is 0 Å². The third-order valence-corrected chi connectivity index (χ3v) is 5.35. The minimum Gasteiger partial charge on any atom is -0.349 e. The van der Waals surface area contributed by atoms with Crippen LogP contribution in [0, 0.1) is 6.92 Å². The lowest BCUT2D eigenvalue weighted by Gasteiger charge is -2.31. The van der Waals surface area contributed by atoms with E-state index in [4.69, 9.17) is 0 Å². The maximum Gasteiger partial charge on any atom is 0.225 e. The van der Waals surface area contributed by atoms with E-state index in [1.165, 1.54) is 37.0 Å². The monoisotopic (exact) mass is 375 g/mol. The van der Waals surface area contributed by atoms with E-state index in [-0.39, 0.29) is 30.7 Å². The number of aromatic nitrogens is 2. The molecule has 0 aromatic carbocycles. The van der Waals surface area contributed by atoms with Crippen molar-refractivity contribution in [2.45, 2.75) is 70.9 Å². The Bertz CT molecular complexity index is 656. The average molecular weight is 376 g/mol. The number of hydrogen-bond donors (Lipinski definition) is 1. The van der Waals surface area contributed by atoms with E-state index in [2.05, 4.69) is 27.2 Å². The first-order valence-electron chi connectivity index (χ1n) is 9.85. The predicted octanol–water partition coefficient (Wildman–Crippen LogP) is 2.60. The number of rotatable bonds is 7. The van der Waals surface area contributed by atoms with Gasteiger partial charge in [-0.1, -0.05) is 19.3 Å². The number of carbonyl (C=O) groups is 2. The van der Waals surface area contributed by atoms with Crippen LogP contribution < -0.4 is 10.2 Å². The lowest BCUT2D eigenvalue weighted by atomic mass is 9.95. The number of carbonyl (C=O) groups excluding carboxylic acids is 2. The van der Waals surface area contributed by atoms with Crippen LogP contribution in [0.25, 0.3) is 0 Å². The van der Waals surface area contributed by atoms with Crippen LogP contribution in [-0.4, -0.2) is 53.9 Å². The minimum atomic E-state index is -0.194. The largest absolute Gasteiger partial charge is 0.349 e. The van der Waals surface area contributed by atoms with Gasteiger partial charge in [-0.3, -0.25) is 9.59 Å². The summed E-state index contributed by atoms with van der Waals surface area (Å²) in [4.78, 5) is 36.6. The SMILES string of the molecule is Cc1nc(N(C)C2CCCCC2)ncc1[C@@H](C)NC(=O)CCC(=O)N(C)C. The van der Waals surface area contributed by atoms with E-state index in [0.717, 1.165) is 17.2 Å². The summed E-state index contributed by atoms with van der Waals surface area (Å²) in [5, 5.41) is 2.94. The predicted molar refractivity (Wildman–Crippen MR) is 107 cm³/mol. The van der Waals surface area contributed by atoms with Crippen LogP contribution in [0.3, 0.4) is 0 Å². The Kier molecular flexibility index (Phi) is 7.56. The first kappa shape index (κ1) is 21.1. The molecule has 1 fully saturated rings. The Labute approximate surface area is 162 Å². The van der Waals surface area contributed by atoms with Crippen LogP contribution in [0.2, 0.25) is 0 Å². The van der Waals surface area contributed by atoms with Crippen LogP contribution in [0.4, 0.5) is 5.95 Å². The minimum absolute atomic E-state index is 0.0487. The van der Waals surface area contributed by atoms with Crippen molar-refractivity contribution in [3.8, 4) is 0 Å². The first-order chi connectivity index (χ1) is 12.8. The molecule has 0 unspecified atom stereocenters. The highest BCUT2D eigenvalue weighted by atomic mass is 16.2. The van der Waals surface area contributed by atoms with Gasteiger partial charge in [-0.05, 0) is 26.7 Å². The molecule has 0 aliphatic heterocycles. The van der Waals surface area contributed by atoms with E-state index in [0.29, 0.717) is 6.04 Å². The maximum absolute atomic E-state index is 12.1. The van der Waals surface area contributed by atoms with Crippen molar-refractivity contribution in [1.29, 1.82) is 0 Å². The van der Waals surface area contributed by atoms with Crippen LogP contribution in [0.1, 0.15) is 69.2 Å². The standard InChI is InChI=1S/C20H33N5O2/c1-14(22-18(26)11-12-19(27)24(3)4)17-13-21-20(23-15(17)2)25(5)16-9-7-6-8-10-16/h13-14,16H,6-12H2,1-5H3,(H,22,26)/t14-/m1/s1. The van der Waals surface area contributed by atoms with Crippen LogP contribution in [-0.2, 0) is 9.59 Å². The normalized spacial score (nSPS) is 15.9. The van der Waals surface area contributed by atoms with Crippen molar-refractivity contribution < 1.29 is 9.59 Å². The van der Waals surface area contributed by atoms with Gasteiger partial charge in [-0.25, -0.2) is 9.97 Å². The Balaban J connectivity index is 1.95. The summed E-state index contributed by atoms with van der Waals surface area (Å²) in [5.41, 5.74) is 1.78. The molecule has 0 spiro atoms. The third kappa shape index (κ3) is 5.91. The lowest BCUT2D eigenvalue weighted by Crippen LogP contribution is -2.35. The molecule has 1 atom stereocenters. The Morgan fingerprint density at radius 1 is 1.19 bits per heavy atom. The zero-order chi connectivity index (χ0) is 20.0. The summed E-state index contributed by atoms with van der Waals surface area (Å²) in [6, 6.07) is 0.316. The molecule has 1 aliphatic carbocycles. The summed E-state index contributed by atoms with van der Waals surface area (Å²) in [5.74, 6) is 0.561. The summed E-state index contributed by atoms with van der Waals surface area (Å²) >= 11 is 0. The molecule has 2 rings (SSSR count). The molecule has 1 aromatic rings. The maximum atomic E-state index is 12.1. The highest BCUT2D eigenvalue weighted by Gasteiger charge is 2.21. The summed E-state index contributed by atoms with van der Waals surface area (Å²) in [6.45, 7) is 3.87. The number of anilines is 1. The van der Waals surface area contributed by atoms with Gasteiger partial charge in [0.25, 0.3) is 0 Å². The molecule has 1 heterocycles. The molecule has 0 saturated heterocycles. The topological polar surface area (TPSA) is 78.4 Å². The highest BCUT2D eigenvalue weighted by Crippen LogP contribution is 2.25. The molecule has 0 bridgehead atoms. The van der Waals surface area contributed by atoms with Crippen molar-refractivity contribution in [2.75, 3.05) is 26.0 Å². The van der Waals surface area contributed by atoms with Gasteiger partial charge < -0.3 is 15.1 Å². The number of aryl methyl sites for hydroxylation is 1. The first-order valence-corrected chi connectivity index (χ1v) is 9.85. The van der Waals surface area contributed by atoms with Gasteiger partial charge in [-0.15, -0.1) is 0 Å². The van der Waals surface area contributed by atoms with E-state index in [9.17, 15) is 9.59 Å². The molecule has 1 N–H and O–H groups in total. The molecule has 27 heavy (non-hydrogen) atoms. The van der Waals surface area contributed by atoms with Gasteiger partial charge in [0.2, 0.25) is 17.8 Å². The molecule has 1 saturated carbocycles. The Morgan fingerprint density at radius 3 is 2.44 bits per heavy atom. The van der Waals surface area contributed by atoms with Crippen LogP contribution in [0.15, 0.2) is 6.20 Å². The van der Waals surface area contributed by atoms with Gasteiger partial charge in [0.15, 0.2) is 0 Å². The molecule has 7 nitrogen and oxygen atoms in total. The van der Waals surface area contributed by atoms with Gasteiger partial charge in [-0.2, -0.15) is 0 Å². The molecular formula is C20H33N5O2. The lowest BCUT2D eigenvalue weighted by molar-refractivity contribution is -0.131. The fourth-order valence-electron chi connectivity index (χ4n) is 3.53. The summed E-state index contributed by atoms with van der Waals surface area (Å²) < 4.78 is 0. The van der Waals surface area contributed by atoms with Gasteiger partial charge in [0.05, 0.1) is 6.04 Å². The Hall–Kier alpha value is -2.18. The molecule has 1 aliphatic rings. The second-order valence-electron chi connectivity index (χ2n) is 7.69. The molecule has 1 aromatic heterocycles. The third-order valence-electron chi connectivity index (χ3n) is 5.35. The van der Waals surface area contributed by atoms with E-state index in [1.54, 1.807) is 14.1 Å².